The Morgan fingerprint density at radius 1 is 1.35 bits per heavy atom. The van der Waals surface area contributed by atoms with Crippen LogP contribution in [0.2, 0.25) is 4.34 Å². The number of carbonyl (C=O) groups is 2. The maximum Gasteiger partial charge on any atom is 0.263 e. The van der Waals surface area contributed by atoms with Crippen LogP contribution in [0.25, 0.3) is 0 Å². The summed E-state index contributed by atoms with van der Waals surface area (Å²) in [5, 5.41) is 6.25. The quantitative estimate of drug-likeness (QED) is 0.869. The van der Waals surface area contributed by atoms with Crippen LogP contribution in [0.1, 0.15) is 35.4 Å². The van der Waals surface area contributed by atoms with Crippen molar-refractivity contribution in [2.45, 2.75) is 31.7 Å². The highest BCUT2D eigenvalue weighted by molar-refractivity contribution is 7.17. The molecule has 126 valence electrons. The molecular formula is C16H22ClN3O2S. The van der Waals surface area contributed by atoms with E-state index >= 15 is 0 Å². The van der Waals surface area contributed by atoms with Crippen LogP contribution in [-0.4, -0.2) is 48.9 Å². The Morgan fingerprint density at radius 3 is 2.91 bits per heavy atom. The minimum absolute atomic E-state index is 0.0374. The van der Waals surface area contributed by atoms with Crippen LogP contribution in [0.4, 0.5) is 0 Å². The summed E-state index contributed by atoms with van der Waals surface area (Å²) in [6.45, 7) is 3.05. The predicted molar refractivity (Wildman–Crippen MR) is 92.0 cm³/mol. The minimum Gasteiger partial charge on any atom is -0.354 e. The van der Waals surface area contributed by atoms with Gasteiger partial charge in [0.15, 0.2) is 0 Å². The number of carbonyl (C=O) groups excluding carboxylic acids is 2. The molecule has 7 heteroatoms. The molecule has 2 amide bonds. The molecule has 5 nitrogen and oxygen atoms in total. The van der Waals surface area contributed by atoms with Crippen LogP contribution >= 0.6 is 22.9 Å². The van der Waals surface area contributed by atoms with Gasteiger partial charge < -0.3 is 15.5 Å². The van der Waals surface area contributed by atoms with Gasteiger partial charge in [-0.1, -0.05) is 11.6 Å². The summed E-state index contributed by atoms with van der Waals surface area (Å²) in [6.07, 6.45) is 4.01. The molecule has 0 saturated carbocycles. The van der Waals surface area contributed by atoms with E-state index < -0.39 is 0 Å². The lowest BCUT2D eigenvalue weighted by molar-refractivity contribution is -0.123. The van der Waals surface area contributed by atoms with Gasteiger partial charge in [-0.2, -0.15) is 0 Å². The number of thiophene rings is 1. The summed E-state index contributed by atoms with van der Waals surface area (Å²) >= 11 is 7.24. The standard InChI is InChI=1S/C16H22ClN3O2S/c17-14-6-5-13(23-14)16(22)20-8-2-3-11(10-20)9-19-15(21)12-4-1-7-18-12/h5-6,11-12,18H,1-4,7-10H2,(H,19,21). The summed E-state index contributed by atoms with van der Waals surface area (Å²) in [5.74, 6) is 0.472. The fraction of sp³-hybridized carbons (Fsp3) is 0.625. The topological polar surface area (TPSA) is 61.4 Å². The van der Waals surface area contributed by atoms with Gasteiger partial charge in [0.05, 0.1) is 15.3 Å². The van der Waals surface area contributed by atoms with Crippen molar-refractivity contribution < 1.29 is 9.59 Å². The number of rotatable bonds is 4. The Bertz CT molecular complexity index is 571. The van der Waals surface area contributed by atoms with Gasteiger partial charge in [-0.05, 0) is 50.3 Å². The second-order valence-electron chi connectivity index (χ2n) is 6.26. The highest BCUT2D eigenvalue weighted by Crippen LogP contribution is 2.25. The van der Waals surface area contributed by atoms with E-state index in [9.17, 15) is 9.59 Å². The van der Waals surface area contributed by atoms with Crippen molar-refractivity contribution in [3.8, 4) is 0 Å². The van der Waals surface area contributed by atoms with Gasteiger partial charge in [-0.15, -0.1) is 11.3 Å². The van der Waals surface area contributed by atoms with E-state index in [4.69, 9.17) is 11.6 Å². The smallest absolute Gasteiger partial charge is 0.263 e. The first-order valence-electron chi connectivity index (χ1n) is 8.19. The molecule has 0 aromatic carbocycles. The molecule has 3 rings (SSSR count). The van der Waals surface area contributed by atoms with Gasteiger partial charge in [0.2, 0.25) is 5.91 Å². The summed E-state index contributed by atoms with van der Waals surface area (Å²) in [7, 11) is 0. The Hall–Kier alpha value is -1.11. The summed E-state index contributed by atoms with van der Waals surface area (Å²) in [6, 6.07) is 3.51. The Kier molecular flexibility index (Phi) is 5.56. The van der Waals surface area contributed by atoms with Crippen molar-refractivity contribution in [2.75, 3.05) is 26.2 Å². The number of nitrogens with one attached hydrogen (secondary N) is 2. The maximum absolute atomic E-state index is 12.5. The van der Waals surface area contributed by atoms with E-state index in [1.54, 1.807) is 12.1 Å². The molecule has 2 aliphatic heterocycles. The highest BCUT2D eigenvalue weighted by atomic mass is 35.5. The zero-order valence-electron chi connectivity index (χ0n) is 13.0. The average molecular weight is 356 g/mol. The molecule has 2 fully saturated rings. The first kappa shape index (κ1) is 16.7. The molecule has 0 spiro atoms. The van der Waals surface area contributed by atoms with Gasteiger partial charge in [0.1, 0.15) is 0 Å². The molecule has 2 atom stereocenters. The molecular weight excluding hydrogens is 334 g/mol. The van der Waals surface area contributed by atoms with Crippen LogP contribution in [0.15, 0.2) is 12.1 Å². The number of amides is 2. The number of hydrogen-bond donors (Lipinski definition) is 2. The highest BCUT2D eigenvalue weighted by Gasteiger charge is 2.27. The monoisotopic (exact) mass is 355 g/mol. The molecule has 2 N–H and O–H groups in total. The van der Waals surface area contributed by atoms with Gasteiger partial charge in [-0.3, -0.25) is 9.59 Å². The molecule has 2 saturated heterocycles. The van der Waals surface area contributed by atoms with E-state index in [-0.39, 0.29) is 17.9 Å². The van der Waals surface area contributed by atoms with Crippen molar-refractivity contribution in [1.29, 1.82) is 0 Å². The molecule has 23 heavy (non-hydrogen) atoms. The molecule has 2 unspecified atom stereocenters. The molecule has 0 radical (unpaired) electrons. The van der Waals surface area contributed by atoms with E-state index in [0.29, 0.717) is 28.2 Å². The largest absolute Gasteiger partial charge is 0.354 e. The molecule has 2 aliphatic rings. The van der Waals surface area contributed by atoms with Crippen molar-refractivity contribution in [3.63, 3.8) is 0 Å². The van der Waals surface area contributed by atoms with Crippen molar-refractivity contribution in [1.82, 2.24) is 15.5 Å². The van der Waals surface area contributed by atoms with Crippen molar-refractivity contribution in [3.05, 3.63) is 21.3 Å². The third kappa shape index (κ3) is 4.25. The fourth-order valence-corrected chi connectivity index (χ4v) is 4.29. The molecule has 0 bridgehead atoms. The van der Waals surface area contributed by atoms with Crippen LogP contribution < -0.4 is 10.6 Å². The third-order valence-electron chi connectivity index (χ3n) is 4.53. The number of hydrogen-bond acceptors (Lipinski definition) is 4. The normalized spacial score (nSPS) is 24.7. The van der Waals surface area contributed by atoms with Crippen LogP contribution in [0.3, 0.4) is 0 Å². The molecule has 0 aliphatic carbocycles. The fourth-order valence-electron chi connectivity index (χ4n) is 3.28. The lowest BCUT2D eigenvalue weighted by atomic mass is 9.97. The SMILES string of the molecule is O=C(NCC1CCCN(C(=O)c2ccc(Cl)s2)C1)C1CCCN1. The van der Waals surface area contributed by atoms with Crippen LogP contribution in [0.5, 0.6) is 0 Å². The Morgan fingerprint density at radius 2 is 2.22 bits per heavy atom. The predicted octanol–water partition coefficient (Wildman–Crippen LogP) is 2.12. The summed E-state index contributed by atoms with van der Waals surface area (Å²) < 4.78 is 0.637. The average Bonchev–Trinajstić information content (AvgIpc) is 3.24. The lowest BCUT2D eigenvalue weighted by Gasteiger charge is -2.32. The van der Waals surface area contributed by atoms with E-state index in [2.05, 4.69) is 10.6 Å². The maximum atomic E-state index is 12.5. The molecule has 3 heterocycles. The Balaban J connectivity index is 1.49. The third-order valence-corrected chi connectivity index (χ3v) is 5.75. The van der Waals surface area contributed by atoms with Crippen LogP contribution in [0, 0.1) is 5.92 Å². The van der Waals surface area contributed by atoms with E-state index in [0.717, 1.165) is 38.8 Å². The lowest BCUT2D eigenvalue weighted by Crippen LogP contribution is -2.46. The Labute approximate surface area is 145 Å². The number of likely N-dealkylation sites (tertiary alicyclic amines) is 1. The van der Waals surface area contributed by atoms with E-state index in [1.807, 2.05) is 4.90 Å². The summed E-state index contributed by atoms with van der Waals surface area (Å²) in [5.41, 5.74) is 0. The minimum atomic E-state index is -0.0374. The zero-order chi connectivity index (χ0) is 16.2. The van der Waals surface area contributed by atoms with Gasteiger partial charge in [0.25, 0.3) is 5.91 Å². The number of nitrogens with zero attached hydrogens (tertiary/aromatic N) is 1. The first-order chi connectivity index (χ1) is 11.1. The van der Waals surface area contributed by atoms with Gasteiger partial charge in [-0.25, -0.2) is 0 Å². The first-order valence-corrected chi connectivity index (χ1v) is 9.38. The van der Waals surface area contributed by atoms with Gasteiger partial charge >= 0.3 is 0 Å². The second-order valence-corrected chi connectivity index (χ2v) is 7.97. The van der Waals surface area contributed by atoms with Crippen molar-refractivity contribution in [2.24, 2.45) is 5.92 Å². The number of piperidine rings is 1. The van der Waals surface area contributed by atoms with Crippen molar-refractivity contribution >= 4 is 34.8 Å². The van der Waals surface area contributed by atoms with Crippen LogP contribution in [-0.2, 0) is 4.79 Å². The molecule has 1 aromatic heterocycles. The second kappa shape index (κ2) is 7.64. The number of halogens is 1. The summed E-state index contributed by atoms with van der Waals surface area (Å²) in [4.78, 5) is 27.1. The molecule has 1 aromatic rings. The van der Waals surface area contributed by atoms with Gasteiger partial charge in [0, 0.05) is 19.6 Å². The van der Waals surface area contributed by atoms with E-state index in [1.165, 1.54) is 11.3 Å². The zero-order valence-corrected chi connectivity index (χ0v) is 14.6.